The second-order valence-corrected chi connectivity index (χ2v) is 7.39. The number of pyridine rings is 1. The van der Waals surface area contributed by atoms with E-state index in [0.29, 0.717) is 5.95 Å². The second-order valence-electron chi connectivity index (χ2n) is 6.51. The molecule has 0 radical (unpaired) electrons. The summed E-state index contributed by atoms with van der Waals surface area (Å²) in [6.45, 7) is 1.68. The highest BCUT2D eigenvalue weighted by atomic mass is 32.2. The van der Waals surface area contributed by atoms with Crippen LogP contribution in [0.5, 0.6) is 0 Å². The van der Waals surface area contributed by atoms with Gasteiger partial charge in [0.1, 0.15) is 0 Å². The molecule has 146 valence electrons. The van der Waals surface area contributed by atoms with Gasteiger partial charge in [-0.3, -0.25) is 4.98 Å². The minimum atomic E-state index is 0.633. The molecule has 0 aliphatic rings. The van der Waals surface area contributed by atoms with Crippen molar-refractivity contribution >= 4 is 17.7 Å². The fourth-order valence-electron chi connectivity index (χ4n) is 2.99. The first-order chi connectivity index (χ1) is 14.3. The van der Waals surface area contributed by atoms with E-state index in [1.807, 2.05) is 30.7 Å². The third-order valence-electron chi connectivity index (χ3n) is 4.52. The summed E-state index contributed by atoms with van der Waals surface area (Å²) in [5.41, 5.74) is 3.87. The van der Waals surface area contributed by atoms with Crippen molar-refractivity contribution in [3.8, 4) is 22.5 Å². The summed E-state index contributed by atoms with van der Waals surface area (Å²) < 4.78 is 2.06. The Morgan fingerprint density at radius 1 is 0.897 bits per heavy atom. The normalized spacial score (nSPS) is 10.8. The smallest absolute Gasteiger partial charge is 0.223 e. The van der Waals surface area contributed by atoms with Crippen LogP contribution in [0.3, 0.4) is 0 Å². The summed E-state index contributed by atoms with van der Waals surface area (Å²) in [5, 5.41) is 3.37. The molecule has 0 aliphatic carbocycles. The Balaban J connectivity index is 1.57. The number of rotatable bonds is 8. The fourth-order valence-corrected chi connectivity index (χ4v) is 3.40. The van der Waals surface area contributed by atoms with Gasteiger partial charge in [-0.15, -0.1) is 11.8 Å². The van der Waals surface area contributed by atoms with Crippen molar-refractivity contribution in [1.82, 2.24) is 24.5 Å². The summed E-state index contributed by atoms with van der Waals surface area (Å²) in [6, 6.07) is 14.4. The van der Waals surface area contributed by atoms with Crippen molar-refractivity contribution in [3.05, 3.63) is 73.6 Å². The van der Waals surface area contributed by atoms with Crippen molar-refractivity contribution in [1.29, 1.82) is 0 Å². The lowest BCUT2D eigenvalue weighted by Gasteiger charge is -2.11. The van der Waals surface area contributed by atoms with Crippen LogP contribution < -0.4 is 5.32 Å². The van der Waals surface area contributed by atoms with Crippen molar-refractivity contribution < 1.29 is 0 Å². The molecule has 3 heterocycles. The van der Waals surface area contributed by atoms with Crippen molar-refractivity contribution in [2.24, 2.45) is 0 Å². The van der Waals surface area contributed by atoms with E-state index in [-0.39, 0.29) is 0 Å². The molecule has 0 saturated carbocycles. The molecule has 0 saturated heterocycles. The Morgan fingerprint density at radius 3 is 2.28 bits per heavy atom. The van der Waals surface area contributed by atoms with E-state index in [2.05, 4.69) is 50.4 Å². The first-order valence-corrected chi connectivity index (χ1v) is 10.7. The molecule has 4 rings (SSSR count). The second kappa shape index (κ2) is 9.34. The quantitative estimate of drug-likeness (QED) is 0.342. The van der Waals surface area contributed by atoms with Crippen LogP contribution in [0.2, 0.25) is 0 Å². The highest BCUT2D eigenvalue weighted by Gasteiger charge is 2.09. The Bertz CT molecular complexity index is 1030. The number of thioether (sulfide) groups is 1. The van der Waals surface area contributed by atoms with Gasteiger partial charge in [0, 0.05) is 53.9 Å². The van der Waals surface area contributed by atoms with Crippen LogP contribution in [0.15, 0.2) is 78.5 Å². The Morgan fingerprint density at radius 2 is 1.62 bits per heavy atom. The molecule has 3 aromatic heterocycles. The number of imidazole rings is 1. The largest absolute Gasteiger partial charge is 0.354 e. The molecule has 6 nitrogen and oxygen atoms in total. The Hall–Kier alpha value is -3.19. The van der Waals surface area contributed by atoms with Gasteiger partial charge < -0.3 is 9.88 Å². The van der Waals surface area contributed by atoms with Crippen LogP contribution in [0.1, 0.15) is 6.42 Å². The van der Waals surface area contributed by atoms with Gasteiger partial charge >= 0.3 is 0 Å². The number of nitrogens with one attached hydrogen (secondary N) is 1. The van der Waals surface area contributed by atoms with Crippen LogP contribution in [0.4, 0.5) is 5.95 Å². The van der Waals surface area contributed by atoms with Crippen LogP contribution in [0, 0.1) is 0 Å². The molecule has 0 atom stereocenters. The average molecular weight is 403 g/mol. The first kappa shape index (κ1) is 19.1. The summed E-state index contributed by atoms with van der Waals surface area (Å²) >= 11 is 1.73. The van der Waals surface area contributed by atoms with Crippen LogP contribution in [0.25, 0.3) is 22.5 Å². The third kappa shape index (κ3) is 5.00. The Labute approximate surface area is 174 Å². The van der Waals surface area contributed by atoms with Crippen LogP contribution in [-0.2, 0) is 6.54 Å². The minimum absolute atomic E-state index is 0.633. The van der Waals surface area contributed by atoms with E-state index < -0.39 is 0 Å². The van der Waals surface area contributed by atoms with Crippen molar-refractivity contribution in [3.63, 3.8) is 0 Å². The molecule has 0 aliphatic heterocycles. The SMILES string of the molecule is CSc1ccc(-c2cc(-c3ccncc3)nc(NCCCn3ccnc3)n2)cc1. The summed E-state index contributed by atoms with van der Waals surface area (Å²) in [4.78, 5) is 18.9. The van der Waals surface area contributed by atoms with Gasteiger partial charge in [0.15, 0.2) is 0 Å². The van der Waals surface area contributed by atoms with Gasteiger partial charge in [0.05, 0.1) is 17.7 Å². The number of nitrogens with zero attached hydrogens (tertiary/aromatic N) is 5. The molecule has 0 fully saturated rings. The predicted octanol–water partition coefficient (Wildman–Crippen LogP) is 4.63. The molecule has 0 unspecified atom stereocenters. The number of aryl methyl sites for hydroxylation is 1. The van der Waals surface area contributed by atoms with Gasteiger partial charge in [-0.25, -0.2) is 15.0 Å². The van der Waals surface area contributed by atoms with Crippen LogP contribution >= 0.6 is 11.8 Å². The maximum Gasteiger partial charge on any atom is 0.223 e. The van der Waals surface area contributed by atoms with Crippen molar-refractivity contribution in [2.75, 3.05) is 18.1 Å². The maximum absolute atomic E-state index is 4.76. The summed E-state index contributed by atoms with van der Waals surface area (Å²) in [5.74, 6) is 0.633. The highest BCUT2D eigenvalue weighted by molar-refractivity contribution is 7.98. The molecule has 0 amide bonds. The zero-order chi connectivity index (χ0) is 19.9. The molecule has 7 heteroatoms. The molecule has 0 bridgehead atoms. The lowest BCUT2D eigenvalue weighted by atomic mass is 10.1. The molecular formula is C22H22N6S. The van der Waals surface area contributed by atoms with Crippen LogP contribution in [-0.4, -0.2) is 37.3 Å². The van der Waals surface area contributed by atoms with Gasteiger partial charge in [-0.05, 0) is 43.0 Å². The van der Waals surface area contributed by atoms with E-state index >= 15 is 0 Å². The molecule has 0 spiro atoms. The first-order valence-electron chi connectivity index (χ1n) is 9.45. The fraction of sp³-hybridized carbons (Fsp3) is 0.182. The summed E-state index contributed by atoms with van der Waals surface area (Å²) in [7, 11) is 0. The standard InChI is InChI=1S/C22H22N6S/c1-29-19-5-3-17(4-6-19)20-15-21(18-7-10-23-11-8-18)27-22(26-20)25-9-2-13-28-14-12-24-16-28/h3-8,10-12,14-16H,2,9,13H2,1H3,(H,25,26,27). The van der Waals surface area contributed by atoms with E-state index in [0.717, 1.165) is 42.0 Å². The van der Waals surface area contributed by atoms with Crippen molar-refractivity contribution in [2.45, 2.75) is 17.9 Å². The lowest BCUT2D eigenvalue weighted by Crippen LogP contribution is -2.09. The predicted molar refractivity (Wildman–Crippen MR) is 118 cm³/mol. The number of hydrogen-bond donors (Lipinski definition) is 1. The van der Waals surface area contributed by atoms with E-state index in [1.165, 1.54) is 4.90 Å². The zero-order valence-electron chi connectivity index (χ0n) is 16.2. The van der Waals surface area contributed by atoms with Gasteiger partial charge in [0.2, 0.25) is 5.95 Å². The lowest BCUT2D eigenvalue weighted by molar-refractivity contribution is 0.659. The number of hydrogen-bond acceptors (Lipinski definition) is 6. The Kier molecular flexibility index (Phi) is 6.16. The molecule has 29 heavy (non-hydrogen) atoms. The van der Waals surface area contributed by atoms with Gasteiger partial charge in [-0.1, -0.05) is 12.1 Å². The maximum atomic E-state index is 4.76. The summed E-state index contributed by atoms with van der Waals surface area (Å²) in [6.07, 6.45) is 12.2. The monoisotopic (exact) mass is 402 g/mol. The zero-order valence-corrected chi connectivity index (χ0v) is 17.0. The van der Waals surface area contributed by atoms with E-state index in [9.17, 15) is 0 Å². The average Bonchev–Trinajstić information content (AvgIpc) is 3.31. The van der Waals surface area contributed by atoms with E-state index in [4.69, 9.17) is 9.97 Å². The highest BCUT2D eigenvalue weighted by Crippen LogP contribution is 2.26. The van der Waals surface area contributed by atoms with Gasteiger partial charge in [-0.2, -0.15) is 0 Å². The minimum Gasteiger partial charge on any atom is -0.354 e. The molecular weight excluding hydrogens is 380 g/mol. The van der Waals surface area contributed by atoms with E-state index in [1.54, 1.807) is 30.4 Å². The molecule has 1 N–H and O–H groups in total. The molecule has 1 aromatic carbocycles. The number of aromatic nitrogens is 5. The number of anilines is 1. The molecule has 4 aromatic rings. The number of benzene rings is 1. The third-order valence-corrected chi connectivity index (χ3v) is 5.27. The van der Waals surface area contributed by atoms with Gasteiger partial charge in [0.25, 0.3) is 0 Å². The topological polar surface area (TPSA) is 68.5 Å².